The smallest absolute Gasteiger partial charge is 0.287 e. The van der Waals surface area contributed by atoms with Crippen LogP contribution in [0.4, 0.5) is 5.88 Å². The molecule has 0 bridgehead atoms. The van der Waals surface area contributed by atoms with Crippen LogP contribution in [0.3, 0.4) is 0 Å². The van der Waals surface area contributed by atoms with Crippen LogP contribution < -0.4 is 16.5 Å². The van der Waals surface area contributed by atoms with Gasteiger partial charge in [0.1, 0.15) is 0 Å². The highest BCUT2D eigenvalue weighted by Gasteiger charge is 2.30. The molecule has 2 aliphatic rings. The van der Waals surface area contributed by atoms with Gasteiger partial charge in [-0.25, -0.2) is 5.48 Å². The number of amides is 1. The summed E-state index contributed by atoms with van der Waals surface area (Å²) in [6, 6.07) is 4.07. The van der Waals surface area contributed by atoms with Crippen LogP contribution >= 0.6 is 0 Å². The van der Waals surface area contributed by atoms with Gasteiger partial charge in [0, 0.05) is 37.8 Å². The Labute approximate surface area is 136 Å². The molecule has 2 heterocycles. The predicted octanol–water partition coefficient (Wildman–Crippen LogP) is 1.40. The number of nitrogens with one attached hydrogen (secondary N) is 2. The average Bonchev–Trinajstić information content (AvgIpc) is 3.22. The second-order valence-corrected chi connectivity index (χ2v) is 6.70. The highest BCUT2D eigenvalue weighted by molar-refractivity contribution is 5.91. The summed E-state index contributed by atoms with van der Waals surface area (Å²) in [7, 11) is 0. The Morgan fingerprint density at radius 1 is 1.30 bits per heavy atom. The first-order valence-corrected chi connectivity index (χ1v) is 8.43. The van der Waals surface area contributed by atoms with Gasteiger partial charge < -0.3 is 15.5 Å². The van der Waals surface area contributed by atoms with Crippen molar-refractivity contribution in [2.45, 2.75) is 44.2 Å². The maximum absolute atomic E-state index is 12.0. The number of carbonyl (C=O) groups is 1. The standard InChI is InChI=1S/C16H26N4O3/c17-12-7-8-20(10-12)13-3-1-11(2-4-13)9-18-16(21)14-5-6-15(19-22)23-14/h5-6,11-13,19,22H,1-4,7-10,17H2,(H,18,21)/t11?,12-,13?/m0/s1. The third-order valence-corrected chi connectivity index (χ3v) is 5.08. The fraction of sp³-hybridized carbons (Fsp3) is 0.688. The first kappa shape index (κ1) is 16.3. The lowest BCUT2D eigenvalue weighted by Crippen LogP contribution is -2.40. The number of hydrogen-bond donors (Lipinski definition) is 4. The van der Waals surface area contributed by atoms with E-state index >= 15 is 0 Å². The Morgan fingerprint density at radius 2 is 2.09 bits per heavy atom. The van der Waals surface area contributed by atoms with Gasteiger partial charge >= 0.3 is 0 Å². The molecule has 1 amide bonds. The van der Waals surface area contributed by atoms with Crippen LogP contribution in [-0.2, 0) is 0 Å². The summed E-state index contributed by atoms with van der Waals surface area (Å²) >= 11 is 0. The summed E-state index contributed by atoms with van der Waals surface area (Å²) in [6.45, 7) is 2.84. The molecule has 3 rings (SSSR count). The zero-order chi connectivity index (χ0) is 16.2. The van der Waals surface area contributed by atoms with E-state index in [1.54, 1.807) is 6.07 Å². The van der Waals surface area contributed by atoms with E-state index in [0.29, 0.717) is 24.5 Å². The number of anilines is 1. The molecule has 0 aromatic carbocycles. The number of rotatable bonds is 5. The van der Waals surface area contributed by atoms with E-state index in [1.165, 1.54) is 18.9 Å². The second kappa shape index (κ2) is 7.33. The van der Waals surface area contributed by atoms with E-state index in [0.717, 1.165) is 32.4 Å². The minimum atomic E-state index is -0.237. The van der Waals surface area contributed by atoms with Gasteiger partial charge in [0.2, 0.25) is 5.88 Å². The van der Waals surface area contributed by atoms with Crippen molar-refractivity contribution >= 4 is 11.8 Å². The molecule has 23 heavy (non-hydrogen) atoms. The van der Waals surface area contributed by atoms with Gasteiger partial charge in [-0.1, -0.05) is 0 Å². The summed E-state index contributed by atoms with van der Waals surface area (Å²) in [5.74, 6) is 0.664. The fourth-order valence-corrected chi connectivity index (χ4v) is 3.71. The van der Waals surface area contributed by atoms with Crippen molar-refractivity contribution in [1.82, 2.24) is 10.2 Å². The first-order valence-electron chi connectivity index (χ1n) is 8.43. The molecular formula is C16H26N4O3. The fourth-order valence-electron chi connectivity index (χ4n) is 3.71. The predicted molar refractivity (Wildman–Crippen MR) is 86.4 cm³/mol. The van der Waals surface area contributed by atoms with Gasteiger partial charge in [0.25, 0.3) is 5.91 Å². The van der Waals surface area contributed by atoms with Crippen molar-refractivity contribution in [2.24, 2.45) is 11.7 Å². The molecule has 5 N–H and O–H groups in total. The van der Waals surface area contributed by atoms with Gasteiger partial charge in [0.05, 0.1) is 0 Å². The SMILES string of the molecule is N[C@H]1CCN(C2CCC(CNC(=O)c3ccc(NO)o3)CC2)C1. The van der Waals surface area contributed by atoms with E-state index in [4.69, 9.17) is 15.4 Å². The zero-order valence-corrected chi connectivity index (χ0v) is 13.3. The van der Waals surface area contributed by atoms with Gasteiger partial charge in [-0.05, 0) is 44.1 Å². The molecule has 1 atom stereocenters. The number of furan rings is 1. The minimum absolute atomic E-state index is 0.166. The van der Waals surface area contributed by atoms with Crippen LogP contribution in [0, 0.1) is 5.92 Å². The maximum Gasteiger partial charge on any atom is 0.287 e. The Balaban J connectivity index is 1.39. The molecule has 0 unspecified atom stereocenters. The monoisotopic (exact) mass is 322 g/mol. The highest BCUT2D eigenvalue weighted by atomic mass is 16.5. The van der Waals surface area contributed by atoms with Crippen LogP contribution in [0.2, 0.25) is 0 Å². The van der Waals surface area contributed by atoms with Crippen LogP contribution in [0.5, 0.6) is 0 Å². The van der Waals surface area contributed by atoms with E-state index in [2.05, 4.69) is 10.2 Å². The van der Waals surface area contributed by atoms with Gasteiger partial charge in [-0.15, -0.1) is 0 Å². The third kappa shape index (κ3) is 4.04. The maximum atomic E-state index is 12.0. The summed E-state index contributed by atoms with van der Waals surface area (Å²) in [4.78, 5) is 14.5. The van der Waals surface area contributed by atoms with Crippen molar-refractivity contribution in [3.05, 3.63) is 17.9 Å². The Kier molecular flexibility index (Phi) is 5.20. The van der Waals surface area contributed by atoms with E-state index < -0.39 is 0 Å². The Bertz CT molecular complexity index is 525. The van der Waals surface area contributed by atoms with E-state index in [-0.39, 0.29) is 17.6 Å². The zero-order valence-electron chi connectivity index (χ0n) is 13.3. The molecule has 0 radical (unpaired) electrons. The first-order chi connectivity index (χ1) is 11.2. The molecule has 1 saturated carbocycles. The normalized spacial score (nSPS) is 28.7. The molecule has 7 heteroatoms. The summed E-state index contributed by atoms with van der Waals surface area (Å²) in [5.41, 5.74) is 7.87. The molecule has 2 fully saturated rings. The molecular weight excluding hydrogens is 296 g/mol. The number of nitrogens with two attached hydrogens (primary N) is 1. The van der Waals surface area contributed by atoms with Gasteiger partial charge in [-0.2, -0.15) is 0 Å². The summed E-state index contributed by atoms with van der Waals surface area (Å²) < 4.78 is 5.14. The Hall–Kier alpha value is -1.57. The van der Waals surface area contributed by atoms with Crippen molar-refractivity contribution in [2.75, 3.05) is 25.1 Å². The number of nitrogens with zero attached hydrogens (tertiary/aromatic N) is 1. The number of hydrogen-bond acceptors (Lipinski definition) is 6. The lowest BCUT2D eigenvalue weighted by molar-refractivity contribution is 0.0909. The van der Waals surface area contributed by atoms with Crippen molar-refractivity contribution in [3.63, 3.8) is 0 Å². The molecule has 1 aliphatic heterocycles. The van der Waals surface area contributed by atoms with Gasteiger partial charge in [0.15, 0.2) is 5.76 Å². The van der Waals surface area contributed by atoms with Crippen LogP contribution in [-0.4, -0.2) is 47.7 Å². The number of carbonyl (C=O) groups excluding carboxylic acids is 1. The Morgan fingerprint density at radius 3 is 2.70 bits per heavy atom. The molecule has 1 aromatic heterocycles. The van der Waals surface area contributed by atoms with E-state index in [9.17, 15) is 4.79 Å². The topological polar surface area (TPSA) is 104 Å². The molecule has 128 valence electrons. The average molecular weight is 322 g/mol. The molecule has 7 nitrogen and oxygen atoms in total. The minimum Gasteiger partial charge on any atom is -0.433 e. The summed E-state index contributed by atoms with van der Waals surface area (Å²) in [6.07, 6.45) is 5.76. The van der Waals surface area contributed by atoms with E-state index in [1.807, 2.05) is 5.48 Å². The van der Waals surface area contributed by atoms with Crippen molar-refractivity contribution in [1.29, 1.82) is 0 Å². The largest absolute Gasteiger partial charge is 0.433 e. The third-order valence-electron chi connectivity index (χ3n) is 5.08. The summed E-state index contributed by atoms with van der Waals surface area (Å²) in [5, 5.41) is 11.6. The lowest BCUT2D eigenvalue weighted by Gasteiger charge is -2.34. The number of likely N-dealkylation sites (tertiary alicyclic amines) is 1. The van der Waals surface area contributed by atoms with Crippen LogP contribution in [0.15, 0.2) is 16.5 Å². The quantitative estimate of drug-likeness (QED) is 0.611. The molecule has 1 aliphatic carbocycles. The van der Waals surface area contributed by atoms with Gasteiger partial charge in [-0.3, -0.25) is 14.9 Å². The molecule has 1 aromatic rings. The van der Waals surface area contributed by atoms with Crippen LogP contribution in [0.25, 0.3) is 0 Å². The van der Waals surface area contributed by atoms with Crippen molar-refractivity contribution < 1.29 is 14.4 Å². The second-order valence-electron chi connectivity index (χ2n) is 6.70. The van der Waals surface area contributed by atoms with Crippen molar-refractivity contribution in [3.8, 4) is 0 Å². The molecule has 1 saturated heterocycles. The lowest BCUT2D eigenvalue weighted by atomic mass is 9.85. The highest BCUT2D eigenvalue weighted by Crippen LogP contribution is 2.29. The molecule has 0 spiro atoms. The van der Waals surface area contributed by atoms with Crippen LogP contribution in [0.1, 0.15) is 42.7 Å².